The van der Waals surface area contributed by atoms with Gasteiger partial charge in [0.2, 0.25) is 0 Å². The normalized spacial score (nSPS) is 14.3. The zero-order valence-corrected chi connectivity index (χ0v) is 14.9. The lowest BCUT2D eigenvalue weighted by Crippen LogP contribution is -2.05. The van der Waals surface area contributed by atoms with E-state index in [-0.39, 0.29) is 6.61 Å². The molecule has 2 heterocycles. The summed E-state index contributed by atoms with van der Waals surface area (Å²) in [7, 11) is 0. The first kappa shape index (κ1) is 18.2. The van der Waals surface area contributed by atoms with E-state index in [0.717, 1.165) is 27.5 Å². The Balaban J connectivity index is 1.92. The van der Waals surface area contributed by atoms with Gasteiger partial charge < -0.3 is 19.0 Å². The van der Waals surface area contributed by atoms with E-state index >= 15 is 0 Å². The quantitative estimate of drug-likeness (QED) is 0.521. The summed E-state index contributed by atoms with van der Waals surface area (Å²) in [6, 6.07) is 6.83. The van der Waals surface area contributed by atoms with Gasteiger partial charge in [0.1, 0.15) is 11.2 Å². The molecule has 26 heavy (non-hydrogen) atoms. The van der Waals surface area contributed by atoms with Crippen molar-refractivity contribution in [2.24, 2.45) is 0 Å². The number of rotatable bonds is 6. The first-order valence-electron chi connectivity index (χ1n) is 8.52. The van der Waals surface area contributed by atoms with Crippen LogP contribution < -0.4 is 5.63 Å². The van der Waals surface area contributed by atoms with E-state index in [0.29, 0.717) is 24.0 Å². The van der Waals surface area contributed by atoms with Crippen LogP contribution in [-0.4, -0.2) is 22.9 Å². The molecule has 2 N–H and O–H groups in total. The van der Waals surface area contributed by atoms with Gasteiger partial charge in [-0.3, -0.25) is 0 Å². The second kappa shape index (κ2) is 7.72. The van der Waals surface area contributed by atoms with E-state index < -0.39 is 11.7 Å². The highest BCUT2D eigenvalue weighted by Crippen LogP contribution is 2.29. The first-order chi connectivity index (χ1) is 12.5. The van der Waals surface area contributed by atoms with Gasteiger partial charge in [0, 0.05) is 22.9 Å². The van der Waals surface area contributed by atoms with Gasteiger partial charge in [0.05, 0.1) is 19.0 Å². The SMILES string of the molecule is C/C(=C\[C@@H](O)C/C(C)=C/Cc1c2ccoc2cc2oc(=O)ccc12)CO. The van der Waals surface area contributed by atoms with E-state index in [1.165, 1.54) is 6.07 Å². The first-order valence-corrected chi connectivity index (χ1v) is 8.52. The topological polar surface area (TPSA) is 83.8 Å². The molecular formula is C21H22O5. The molecule has 0 radical (unpaired) electrons. The molecule has 5 heteroatoms. The maximum atomic E-state index is 11.5. The van der Waals surface area contributed by atoms with Crippen LogP contribution in [0.5, 0.6) is 0 Å². The third-order valence-corrected chi connectivity index (χ3v) is 4.38. The van der Waals surface area contributed by atoms with Crippen LogP contribution in [-0.2, 0) is 6.42 Å². The molecule has 1 atom stereocenters. The van der Waals surface area contributed by atoms with Crippen LogP contribution in [0.25, 0.3) is 21.9 Å². The largest absolute Gasteiger partial charge is 0.464 e. The molecule has 0 fully saturated rings. The van der Waals surface area contributed by atoms with Crippen LogP contribution in [0.4, 0.5) is 0 Å². The predicted molar refractivity (Wildman–Crippen MR) is 101 cm³/mol. The fraction of sp³-hybridized carbons (Fsp3) is 0.286. The zero-order valence-electron chi connectivity index (χ0n) is 14.9. The molecule has 5 nitrogen and oxygen atoms in total. The van der Waals surface area contributed by atoms with Crippen LogP contribution in [0.1, 0.15) is 25.8 Å². The van der Waals surface area contributed by atoms with Crippen molar-refractivity contribution >= 4 is 21.9 Å². The third-order valence-electron chi connectivity index (χ3n) is 4.38. The van der Waals surface area contributed by atoms with Crippen LogP contribution >= 0.6 is 0 Å². The average Bonchev–Trinajstić information content (AvgIpc) is 3.06. The van der Waals surface area contributed by atoms with E-state index in [1.807, 2.05) is 13.0 Å². The summed E-state index contributed by atoms with van der Waals surface area (Å²) in [6.45, 7) is 3.68. The molecule has 0 aliphatic carbocycles. The Hall–Kier alpha value is -2.63. The summed E-state index contributed by atoms with van der Waals surface area (Å²) in [4.78, 5) is 11.5. The Morgan fingerprint density at radius 1 is 1.15 bits per heavy atom. The van der Waals surface area contributed by atoms with E-state index in [1.54, 1.807) is 31.4 Å². The molecule has 0 saturated carbocycles. The van der Waals surface area contributed by atoms with Gasteiger partial charge in [-0.25, -0.2) is 4.79 Å². The number of benzene rings is 1. The van der Waals surface area contributed by atoms with Crippen LogP contribution in [0.15, 0.2) is 67.5 Å². The Kier molecular flexibility index (Phi) is 5.40. The summed E-state index contributed by atoms with van der Waals surface area (Å²) in [5, 5.41) is 21.0. The lowest BCUT2D eigenvalue weighted by Gasteiger charge is -2.09. The number of furan rings is 1. The highest BCUT2D eigenvalue weighted by Gasteiger charge is 2.11. The molecule has 0 aliphatic heterocycles. The van der Waals surface area contributed by atoms with Gasteiger partial charge in [0.25, 0.3) is 0 Å². The Bertz CT molecular complexity index is 1040. The second-order valence-electron chi connectivity index (χ2n) is 6.55. The number of fused-ring (bicyclic) bond motifs is 2. The summed E-state index contributed by atoms with van der Waals surface area (Å²) < 4.78 is 10.8. The molecule has 2 aromatic heterocycles. The molecule has 0 aliphatic rings. The smallest absolute Gasteiger partial charge is 0.336 e. The van der Waals surface area contributed by atoms with Gasteiger partial charge in [0.15, 0.2) is 0 Å². The molecule has 1 aromatic carbocycles. The molecule has 0 unspecified atom stereocenters. The molecule has 136 valence electrons. The minimum absolute atomic E-state index is 0.0561. The zero-order chi connectivity index (χ0) is 18.7. The van der Waals surface area contributed by atoms with Crippen molar-refractivity contribution in [3.8, 4) is 0 Å². The Morgan fingerprint density at radius 3 is 2.69 bits per heavy atom. The van der Waals surface area contributed by atoms with Crippen molar-refractivity contribution in [1.82, 2.24) is 0 Å². The molecule has 0 amide bonds. The van der Waals surface area contributed by atoms with E-state index in [2.05, 4.69) is 6.08 Å². The van der Waals surface area contributed by atoms with Gasteiger partial charge >= 0.3 is 5.63 Å². The summed E-state index contributed by atoms with van der Waals surface area (Å²) in [5.41, 5.74) is 3.58. The molecule has 3 aromatic rings. The standard InChI is InChI=1S/C21H22O5/c1-13(9-15(23)10-14(2)12-22)3-4-16-17-5-6-21(24)26-20(17)11-19-18(16)7-8-25-19/h3,5-8,10-11,15,22-23H,4,9,12H2,1-2H3/b13-3+,14-10+/t15-/m0/s1. The molecule has 3 rings (SSSR count). The number of aliphatic hydroxyl groups excluding tert-OH is 2. The van der Waals surface area contributed by atoms with Crippen molar-refractivity contribution in [2.75, 3.05) is 6.61 Å². The Morgan fingerprint density at radius 2 is 1.92 bits per heavy atom. The number of aliphatic hydroxyl groups is 2. The monoisotopic (exact) mass is 354 g/mol. The number of allylic oxidation sites excluding steroid dienone is 1. The fourth-order valence-corrected chi connectivity index (χ4v) is 3.08. The minimum Gasteiger partial charge on any atom is -0.464 e. The third kappa shape index (κ3) is 3.95. The summed E-state index contributed by atoms with van der Waals surface area (Å²) in [6.07, 6.45) is 5.83. The van der Waals surface area contributed by atoms with E-state index in [9.17, 15) is 9.90 Å². The molecule has 0 bridgehead atoms. The molecule has 0 saturated heterocycles. The van der Waals surface area contributed by atoms with Gasteiger partial charge in [-0.15, -0.1) is 0 Å². The van der Waals surface area contributed by atoms with Crippen molar-refractivity contribution in [3.05, 3.63) is 69.8 Å². The second-order valence-corrected chi connectivity index (χ2v) is 6.55. The summed E-state index contributed by atoms with van der Waals surface area (Å²) >= 11 is 0. The van der Waals surface area contributed by atoms with Crippen LogP contribution in [0.2, 0.25) is 0 Å². The van der Waals surface area contributed by atoms with Crippen molar-refractivity contribution in [1.29, 1.82) is 0 Å². The highest BCUT2D eigenvalue weighted by molar-refractivity contribution is 5.97. The Labute approximate surface area is 150 Å². The predicted octanol–water partition coefficient (Wildman–Crippen LogP) is 3.72. The van der Waals surface area contributed by atoms with Gasteiger partial charge in [-0.2, -0.15) is 0 Å². The van der Waals surface area contributed by atoms with E-state index in [4.69, 9.17) is 13.9 Å². The van der Waals surface area contributed by atoms with Crippen molar-refractivity contribution in [2.45, 2.75) is 32.8 Å². The minimum atomic E-state index is -0.627. The van der Waals surface area contributed by atoms with Gasteiger partial charge in [-0.05, 0) is 50.0 Å². The number of hydrogen-bond donors (Lipinski definition) is 2. The van der Waals surface area contributed by atoms with Gasteiger partial charge in [-0.1, -0.05) is 17.7 Å². The van der Waals surface area contributed by atoms with Crippen molar-refractivity contribution < 1.29 is 19.0 Å². The van der Waals surface area contributed by atoms with Crippen molar-refractivity contribution in [3.63, 3.8) is 0 Å². The highest BCUT2D eigenvalue weighted by atomic mass is 16.4. The van der Waals surface area contributed by atoms with Crippen LogP contribution in [0.3, 0.4) is 0 Å². The lowest BCUT2D eigenvalue weighted by atomic mass is 9.99. The fourth-order valence-electron chi connectivity index (χ4n) is 3.08. The maximum Gasteiger partial charge on any atom is 0.336 e. The molecule has 0 spiro atoms. The average molecular weight is 354 g/mol. The lowest BCUT2D eigenvalue weighted by molar-refractivity contribution is 0.220. The van der Waals surface area contributed by atoms with Crippen LogP contribution in [0, 0.1) is 0 Å². The summed E-state index contributed by atoms with van der Waals surface area (Å²) in [5.74, 6) is 0. The number of hydrogen-bond acceptors (Lipinski definition) is 5. The maximum absolute atomic E-state index is 11.5. The molecular weight excluding hydrogens is 332 g/mol.